The summed E-state index contributed by atoms with van der Waals surface area (Å²) < 4.78 is 32.4. The molecule has 12 N–H and O–H groups in total. The molecule has 0 bridgehead atoms. The van der Waals surface area contributed by atoms with Crippen LogP contribution >= 0.6 is 0 Å². The number of carboxylic acid groups (broad SMARTS) is 1. The lowest BCUT2D eigenvalue weighted by molar-refractivity contribution is -0.141. The molecule has 21 heteroatoms. The second-order valence-electron chi connectivity index (χ2n) is 10.8. The van der Waals surface area contributed by atoms with Crippen LogP contribution in [0.3, 0.4) is 0 Å². The largest absolute Gasteiger partial charge is 0.481 e. The third kappa shape index (κ3) is 15.1. The molecule has 0 aliphatic carbocycles. The van der Waals surface area contributed by atoms with Gasteiger partial charge in [-0.15, -0.1) is 0 Å². The molecule has 0 saturated carbocycles. The highest BCUT2D eigenvalue weighted by Crippen LogP contribution is 2.10. The summed E-state index contributed by atoms with van der Waals surface area (Å²) in [6.07, 6.45) is -1.91. The first kappa shape index (κ1) is 41.4. The van der Waals surface area contributed by atoms with E-state index in [2.05, 4.69) is 31.0 Å². The van der Waals surface area contributed by atoms with Gasteiger partial charge in [0.1, 0.15) is 24.7 Å². The monoisotopic (exact) mass is 735 g/mol. The number of benzene rings is 2. The minimum absolute atomic E-state index is 0.0338. The van der Waals surface area contributed by atoms with Crippen LogP contribution < -0.4 is 43.0 Å². The SMILES string of the molecule is Cc1ccc(S(=O)(=O)NC(N)=NCCC[C@H](NC(=O)OCc2ccccc2)C(=O)NCC(=O)N[C@@H](CC(=O)O)C(=O)N[C@@H](CO)C(=O)NN)cc1. The summed E-state index contributed by atoms with van der Waals surface area (Å²) >= 11 is 0. The smallest absolute Gasteiger partial charge is 0.408 e. The molecular weight excluding hydrogens is 694 g/mol. The fraction of sp³-hybridized carbons (Fsp3) is 0.367. The molecule has 0 saturated heterocycles. The van der Waals surface area contributed by atoms with Crippen molar-refractivity contribution in [2.45, 2.75) is 55.8 Å². The second kappa shape index (κ2) is 20.7. The number of carbonyl (C=O) groups excluding carboxylic acids is 5. The molecule has 0 unspecified atom stereocenters. The van der Waals surface area contributed by atoms with E-state index in [0.717, 1.165) is 5.56 Å². The molecule has 3 atom stereocenters. The Morgan fingerprint density at radius 3 is 2.16 bits per heavy atom. The highest BCUT2D eigenvalue weighted by atomic mass is 32.2. The standard InChI is InChI=1S/C30H41N9O11S/c1-18-9-11-20(12-10-18)51(48,49)39-29(31)33-13-5-8-21(37-30(47)50-17-19-6-3-2-4-7-19)26(44)34-15-24(41)35-22(14-25(42)43)27(45)36-23(16-40)28(46)38-32/h2-4,6-7,9-12,21-23,40H,5,8,13-17,32H2,1H3,(H,34,44)(H,35,41)(H,36,45)(H,37,47)(H,38,46)(H,42,43)(H3,31,33,39)/t21-,22-,23-/m0/s1. The molecule has 2 rings (SSSR count). The Bertz CT molecular complexity index is 1660. The Kier molecular flexibility index (Phi) is 16.8. The Morgan fingerprint density at radius 1 is 0.882 bits per heavy atom. The van der Waals surface area contributed by atoms with E-state index in [1.807, 2.05) is 0 Å². The van der Waals surface area contributed by atoms with Crippen LogP contribution in [0.4, 0.5) is 4.79 Å². The van der Waals surface area contributed by atoms with Crippen LogP contribution in [0.15, 0.2) is 64.5 Å². The van der Waals surface area contributed by atoms with Crippen LogP contribution in [-0.4, -0.2) is 98.1 Å². The van der Waals surface area contributed by atoms with Crippen molar-refractivity contribution in [1.82, 2.24) is 31.4 Å². The molecule has 20 nitrogen and oxygen atoms in total. The number of aryl methyl sites for hydroxylation is 1. The molecule has 5 amide bonds. The highest BCUT2D eigenvalue weighted by Gasteiger charge is 2.29. The minimum Gasteiger partial charge on any atom is -0.481 e. The van der Waals surface area contributed by atoms with Crippen LogP contribution in [0.1, 0.15) is 30.4 Å². The number of amides is 5. The summed E-state index contributed by atoms with van der Waals surface area (Å²) in [6, 6.07) is 10.1. The van der Waals surface area contributed by atoms with Gasteiger partial charge in [0.2, 0.25) is 23.7 Å². The van der Waals surface area contributed by atoms with Crippen molar-refractivity contribution in [3.8, 4) is 0 Å². The molecular formula is C30H41N9O11S. The molecule has 51 heavy (non-hydrogen) atoms. The van der Waals surface area contributed by atoms with Crippen molar-refractivity contribution in [2.24, 2.45) is 16.6 Å². The average Bonchev–Trinajstić information content (AvgIpc) is 3.09. The van der Waals surface area contributed by atoms with E-state index in [1.165, 1.54) is 12.1 Å². The zero-order valence-corrected chi connectivity index (χ0v) is 28.3. The fourth-order valence-corrected chi connectivity index (χ4v) is 5.06. The number of nitrogens with zero attached hydrogens (tertiary/aromatic N) is 1. The number of aliphatic hydroxyl groups excluding tert-OH is 1. The maximum absolute atomic E-state index is 13.1. The fourth-order valence-electron chi connectivity index (χ4n) is 4.10. The summed E-state index contributed by atoms with van der Waals surface area (Å²) in [7, 11) is -4.01. The lowest BCUT2D eigenvalue weighted by atomic mass is 10.1. The molecule has 0 spiro atoms. The number of aliphatic hydroxyl groups is 1. The molecule has 0 radical (unpaired) electrons. The van der Waals surface area contributed by atoms with Crippen molar-refractivity contribution < 1.29 is 52.1 Å². The number of nitrogens with two attached hydrogens (primary N) is 2. The maximum Gasteiger partial charge on any atom is 0.408 e. The van der Waals surface area contributed by atoms with Crippen LogP contribution in [0.25, 0.3) is 0 Å². The summed E-state index contributed by atoms with van der Waals surface area (Å²) in [4.78, 5) is 77.7. The van der Waals surface area contributed by atoms with Gasteiger partial charge >= 0.3 is 12.1 Å². The van der Waals surface area contributed by atoms with Gasteiger partial charge in [-0.2, -0.15) is 0 Å². The van der Waals surface area contributed by atoms with Crippen molar-refractivity contribution in [3.05, 3.63) is 65.7 Å². The zero-order chi connectivity index (χ0) is 38.0. The van der Waals surface area contributed by atoms with E-state index in [0.29, 0.717) is 5.56 Å². The van der Waals surface area contributed by atoms with Gasteiger partial charge in [-0.3, -0.25) is 34.4 Å². The van der Waals surface area contributed by atoms with Gasteiger partial charge in [0.25, 0.3) is 15.9 Å². The number of aliphatic imine (C=N–C) groups is 1. The Hall–Kier alpha value is -5.80. The van der Waals surface area contributed by atoms with E-state index in [4.69, 9.17) is 16.3 Å². The number of nitrogens with one attached hydrogen (secondary N) is 6. The number of hydrogen-bond donors (Lipinski definition) is 10. The number of carboxylic acids is 1. The molecule has 0 aliphatic rings. The van der Waals surface area contributed by atoms with E-state index >= 15 is 0 Å². The van der Waals surface area contributed by atoms with E-state index in [1.54, 1.807) is 54.8 Å². The van der Waals surface area contributed by atoms with Crippen LogP contribution in [0, 0.1) is 6.92 Å². The average molecular weight is 736 g/mol. The van der Waals surface area contributed by atoms with Gasteiger partial charge in [0.15, 0.2) is 0 Å². The lowest BCUT2D eigenvalue weighted by Crippen LogP contribution is -2.57. The lowest BCUT2D eigenvalue weighted by Gasteiger charge is -2.21. The number of rotatable bonds is 19. The van der Waals surface area contributed by atoms with Gasteiger partial charge in [-0.1, -0.05) is 48.0 Å². The minimum atomic E-state index is -4.01. The second-order valence-corrected chi connectivity index (χ2v) is 12.5. The Morgan fingerprint density at radius 2 is 1.55 bits per heavy atom. The Labute approximate surface area is 292 Å². The quantitative estimate of drug-likeness (QED) is 0.0174. The van der Waals surface area contributed by atoms with Crippen molar-refractivity contribution in [1.29, 1.82) is 0 Å². The predicted octanol–water partition coefficient (Wildman–Crippen LogP) is -2.79. The van der Waals surface area contributed by atoms with E-state index < -0.39 is 89.4 Å². The highest BCUT2D eigenvalue weighted by molar-refractivity contribution is 7.90. The van der Waals surface area contributed by atoms with Crippen molar-refractivity contribution in [2.75, 3.05) is 19.7 Å². The summed E-state index contributed by atoms with van der Waals surface area (Å²) in [5.74, 6) is -0.944. The molecule has 0 fully saturated rings. The first-order valence-electron chi connectivity index (χ1n) is 15.2. The molecule has 0 heterocycles. The number of guanidine groups is 1. The summed E-state index contributed by atoms with van der Waals surface area (Å²) in [5, 5.41) is 27.3. The number of hydrazine groups is 1. The Balaban J connectivity index is 2.05. The number of aliphatic carboxylic acids is 1. The third-order valence-electron chi connectivity index (χ3n) is 6.74. The number of sulfonamides is 1. The summed E-state index contributed by atoms with van der Waals surface area (Å²) in [6.45, 7) is -0.0827. The van der Waals surface area contributed by atoms with Crippen LogP contribution in [0.2, 0.25) is 0 Å². The summed E-state index contributed by atoms with van der Waals surface area (Å²) in [5.41, 5.74) is 8.98. The number of hydrogen-bond acceptors (Lipinski definition) is 12. The molecule has 278 valence electrons. The van der Waals surface area contributed by atoms with Gasteiger partial charge in [-0.25, -0.2) is 23.8 Å². The van der Waals surface area contributed by atoms with Gasteiger partial charge in [0, 0.05) is 6.54 Å². The predicted molar refractivity (Wildman–Crippen MR) is 179 cm³/mol. The number of carbonyl (C=O) groups is 6. The molecule has 0 aromatic heterocycles. The normalized spacial score (nSPS) is 13.0. The topological polar surface area (TPSA) is 323 Å². The zero-order valence-electron chi connectivity index (χ0n) is 27.5. The third-order valence-corrected chi connectivity index (χ3v) is 8.11. The van der Waals surface area contributed by atoms with E-state index in [9.17, 15) is 47.4 Å². The van der Waals surface area contributed by atoms with Crippen molar-refractivity contribution >= 4 is 51.7 Å². The molecule has 2 aromatic carbocycles. The van der Waals surface area contributed by atoms with Gasteiger partial charge < -0.3 is 42.0 Å². The van der Waals surface area contributed by atoms with Crippen LogP contribution in [0.5, 0.6) is 0 Å². The number of ether oxygens (including phenoxy) is 1. The van der Waals surface area contributed by atoms with E-state index in [-0.39, 0.29) is 30.9 Å². The van der Waals surface area contributed by atoms with Gasteiger partial charge in [0.05, 0.1) is 24.5 Å². The number of alkyl carbamates (subject to hydrolysis) is 1. The first-order chi connectivity index (χ1) is 24.1. The molecule has 0 aliphatic heterocycles. The maximum atomic E-state index is 13.1. The molecule has 2 aromatic rings. The van der Waals surface area contributed by atoms with Crippen molar-refractivity contribution in [3.63, 3.8) is 0 Å². The van der Waals surface area contributed by atoms with Gasteiger partial charge in [-0.05, 0) is 37.5 Å². The van der Waals surface area contributed by atoms with Crippen LogP contribution in [-0.2, 0) is 45.3 Å². The first-order valence-corrected chi connectivity index (χ1v) is 16.7.